The van der Waals surface area contributed by atoms with Gasteiger partial charge in [0.25, 0.3) is 0 Å². The summed E-state index contributed by atoms with van der Waals surface area (Å²) in [6.45, 7) is 5.87. The van der Waals surface area contributed by atoms with Gasteiger partial charge < -0.3 is 15.2 Å². The van der Waals surface area contributed by atoms with E-state index < -0.39 is 0 Å². The lowest BCUT2D eigenvalue weighted by molar-refractivity contribution is 0.0206. The summed E-state index contributed by atoms with van der Waals surface area (Å²) >= 11 is 0. The Morgan fingerprint density at radius 3 is 2.36 bits per heavy atom. The van der Waals surface area contributed by atoms with E-state index in [2.05, 4.69) is 16.3 Å². The summed E-state index contributed by atoms with van der Waals surface area (Å²) in [6, 6.07) is 8.14. The molecule has 2 aliphatic heterocycles. The molecule has 2 aliphatic rings. The highest BCUT2D eigenvalue weighted by Crippen LogP contribution is 2.38. The average molecular weight is 349 g/mol. The molecule has 1 aromatic rings. The molecule has 2 heterocycles. The number of nitrogens with zero attached hydrogens (tertiary/aromatic N) is 1. The zero-order valence-electron chi connectivity index (χ0n) is 12.7. The van der Waals surface area contributed by atoms with Crippen LogP contribution >= 0.6 is 24.8 Å². The fraction of sp³-hybridized carbons (Fsp3) is 0.625. The third-order valence-corrected chi connectivity index (χ3v) is 4.51. The van der Waals surface area contributed by atoms with Crippen LogP contribution < -0.4 is 5.32 Å². The molecule has 2 fully saturated rings. The van der Waals surface area contributed by atoms with Gasteiger partial charge in [0.05, 0.1) is 0 Å². The van der Waals surface area contributed by atoms with Crippen molar-refractivity contribution in [2.45, 2.75) is 18.9 Å². The molecule has 2 N–H and O–H groups in total. The van der Waals surface area contributed by atoms with Crippen molar-refractivity contribution in [3.05, 3.63) is 29.8 Å². The van der Waals surface area contributed by atoms with Crippen LogP contribution in [0.1, 0.15) is 24.4 Å². The van der Waals surface area contributed by atoms with Crippen LogP contribution in [0.2, 0.25) is 0 Å². The number of nitrogens with one attached hydrogen (secondary N) is 1. The molecule has 0 saturated carbocycles. The zero-order valence-corrected chi connectivity index (χ0v) is 14.4. The Bertz CT molecular complexity index is 418. The van der Waals surface area contributed by atoms with Crippen molar-refractivity contribution in [3.8, 4) is 5.75 Å². The van der Waals surface area contributed by atoms with Gasteiger partial charge in [-0.15, -0.1) is 24.8 Å². The van der Waals surface area contributed by atoms with Gasteiger partial charge >= 0.3 is 0 Å². The minimum Gasteiger partial charge on any atom is -0.508 e. The number of ether oxygens (including phenoxy) is 1. The van der Waals surface area contributed by atoms with Crippen LogP contribution in [-0.2, 0) is 4.74 Å². The molecule has 4 nitrogen and oxygen atoms in total. The van der Waals surface area contributed by atoms with Gasteiger partial charge in [-0.2, -0.15) is 0 Å². The number of piperazine rings is 1. The van der Waals surface area contributed by atoms with E-state index in [1.807, 2.05) is 18.2 Å². The zero-order chi connectivity index (χ0) is 13.8. The molecule has 126 valence electrons. The Kier molecular flexibility index (Phi) is 8.50. The van der Waals surface area contributed by atoms with E-state index >= 15 is 0 Å². The number of aromatic hydroxyl groups is 1. The second kappa shape index (κ2) is 9.58. The van der Waals surface area contributed by atoms with Gasteiger partial charge in [0.15, 0.2) is 0 Å². The van der Waals surface area contributed by atoms with Gasteiger partial charge in [-0.25, -0.2) is 0 Å². The van der Waals surface area contributed by atoms with Crippen molar-refractivity contribution < 1.29 is 9.84 Å². The van der Waals surface area contributed by atoms with E-state index in [1.54, 1.807) is 0 Å². The van der Waals surface area contributed by atoms with Crippen molar-refractivity contribution >= 4 is 24.8 Å². The van der Waals surface area contributed by atoms with Crippen LogP contribution in [0.3, 0.4) is 0 Å². The fourth-order valence-electron chi connectivity index (χ4n) is 3.48. The number of hydrogen-bond donors (Lipinski definition) is 2. The summed E-state index contributed by atoms with van der Waals surface area (Å²) in [4.78, 5) is 2.53. The number of phenolic OH excluding ortho intramolecular Hbond substituents is 1. The van der Waals surface area contributed by atoms with Crippen LogP contribution in [0.25, 0.3) is 0 Å². The number of hydrogen-bond acceptors (Lipinski definition) is 4. The monoisotopic (exact) mass is 348 g/mol. The van der Waals surface area contributed by atoms with Crippen molar-refractivity contribution in [3.63, 3.8) is 0 Å². The molecule has 0 aliphatic carbocycles. The molecule has 6 heteroatoms. The molecule has 1 atom stereocenters. The van der Waals surface area contributed by atoms with Crippen LogP contribution in [0, 0.1) is 5.92 Å². The number of benzene rings is 1. The number of para-hydroxylation sites is 1. The predicted octanol–water partition coefficient (Wildman–Crippen LogP) is 2.61. The summed E-state index contributed by atoms with van der Waals surface area (Å²) in [5.74, 6) is 1.01. The standard InChI is InChI=1S/C16H24N2O2.2ClH/c19-15-4-2-1-3-14(15)16(13-5-11-20-12-6-13)18-9-7-17-8-10-18;;/h1-4,13,16-17,19H,5-12H2;2*1H/t16-;;/m0../s1. The molecular formula is C16H26Cl2N2O2. The maximum atomic E-state index is 10.3. The first-order valence-corrected chi connectivity index (χ1v) is 7.66. The predicted molar refractivity (Wildman–Crippen MR) is 93.3 cm³/mol. The maximum Gasteiger partial charge on any atom is 0.120 e. The van der Waals surface area contributed by atoms with Crippen LogP contribution in [0.15, 0.2) is 24.3 Å². The molecule has 0 spiro atoms. The highest BCUT2D eigenvalue weighted by Gasteiger charge is 2.32. The fourth-order valence-corrected chi connectivity index (χ4v) is 3.48. The number of halogens is 2. The lowest BCUT2D eigenvalue weighted by Crippen LogP contribution is -2.47. The van der Waals surface area contributed by atoms with Gasteiger partial charge in [0.2, 0.25) is 0 Å². The Balaban J connectivity index is 0.00000121. The molecule has 0 unspecified atom stereocenters. The van der Waals surface area contributed by atoms with Crippen molar-refractivity contribution in [2.24, 2.45) is 5.92 Å². The van der Waals surface area contributed by atoms with Crippen LogP contribution in [-0.4, -0.2) is 49.4 Å². The van der Waals surface area contributed by atoms with Crippen molar-refractivity contribution in [2.75, 3.05) is 39.4 Å². The smallest absolute Gasteiger partial charge is 0.120 e. The quantitative estimate of drug-likeness (QED) is 0.881. The highest BCUT2D eigenvalue weighted by atomic mass is 35.5. The van der Waals surface area contributed by atoms with Crippen LogP contribution in [0.5, 0.6) is 5.75 Å². The number of rotatable bonds is 3. The van der Waals surface area contributed by atoms with E-state index in [9.17, 15) is 5.11 Å². The molecule has 2 saturated heterocycles. The van der Waals surface area contributed by atoms with Crippen molar-refractivity contribution in [1.29, 1.82) is 0 Å². The van der Waals surface area contributed by atoms with Gasteiger partial charge in [-0.3, -0.25) is 4.90 Å². The minimum absolute atomic E-state index is 0. The van der Waals surface area contributed by atoms with Crippen molar-refractivity contribution in [1.82, 2.24) is 10.2 Å². The third kappa shape index (κ3) is 4.49. The van der Waals surface area contributed by atoms with E-state index in [0.29, 0.717) is 17.7 Å². The van der Waals surface area contributed by atoms with Gasteiger partial charge in [0.1, 0.15) is 5.75 Å². The van der Waals surface area contributed by atoms with Gasteiger partial charge in [-0.1, -0.05) is 18.2 Å². The third-order valence-electron chi connectivity index (χ3n) is 4.51. The first kappa shape index (κ1) is 19.5. The molecule has 0 bridgehead atoms. The Morgan fingerprint density at radius 2 is 1.73 bits per heavy atom. The maximum absolute atomic E-state index is 10.3. The largest absolute Gasteiger partial charge is 0.508 e. The van der Waals surface area contributed by atoms with Gasteiger partial charge in [0, 0.05) is 51.0 Å². The average Bonchev–Trinajstić information content (AvgIpc) is 2.52. The van der Waals surface area contributed by atoms with E-state index in [0.717, 1.165) is 57.8 Å². The molecule has 0 radical (unpaired) electrons. The van der Waals surface area contributed by atoms with E-state index in [4.69, 9.17) is 4.74 Å². The molecule has 1 aromatic carbocycles. The Hall–Kier alpha value is -0.520. The molecular weight excluding hydrogens is 323 g/mol. The topological polar surface area (TPSA) is 44.7 Å². The van der Waals surface area contributed by atoms with E-state index in [1.165, 1.54) is 0 Å². The molecule has 22 heavy (non-hydrogen) atoms. The Labute approximate surface area is 145 Å². The SMILES string of the molecule is Cl.Cl.Oc1ccccc1[C@H](C1CCOCC1)N1CCNCC1. The summed E-state index contributed by atoms with van der Waals surface area (Å²) in [7, 11) is 0. The summed E-state index contributed by atoms with van der Waals surface area (Å²) in [6.07, 6.45) is 2.17. The molecule has 0 amide bonds. The normalized spacial score (nSPS) is 21.5. The lowest BCUT2D eigenvalue weighted by atomic mass is 9.85. The summed E-state index contributed by atoms with van der Waals surface area (Å²) in [5.41, 5.74) is 1.08. The molecule has 3 rings (SSSR count). The number of phenols is 1. The second-order valence-electron chi connectivity index (χ2n) is 5.74. The van der Waals surface area contributed by atoms with Crippen LogP contribution in [0.4, 0.5) is 0 Å². The minimum atomic E-state index is 0. The Morgan fingerprint density at radius 1 is 1.09 bits per heavy atom. The lowest BCUT2D eigenvalue weighted by Gasteiger charge is -2.41. The summed E-state index contributed by atoms with van der Waals surface area (Å²) < 4.78 is 5.51. The first-order chi connectivity index (χ1) is 9.86. The summed E-state index contributed by atoms with van der Waals surface area (Å²) in [5, 5.41) is 13.7. The highest BCUT2D eigenvalue weighted by molar-refractivity contribution is 5.85. The first-order valence-electron chi connectivity index (χ1n) is 7.66. The molecule has 0 aromatic heterocycles. The van der Waals surface area contributed by atoms with E-state index in [-0.39, 0.29) is 24.8 Å². The van der Waals surface area contributed by atoms with Gasteiger partial charge in [-0.05, 0) is 24.8 Å². The second-order valence-corrected chi connectivity index (χ2v) is 5.74.